The fourth-order valence-corrected chi connectivity index (χ4v) is 2.74. The fourth-order valence-electron chi connectivity index (χ4n) is 2.46. The Kier molecular flexibility index (Phi) is 9.81. The average molecular weight is 399 g/mol. The van der Waals surface area contributed by atoms with Crippen LogP contribution >= 0.6 is 11.6 Å². The van der Waals surface area contributed by atoms with E-state index in [-0.39, 0.29) is 25.1 Å². The molecule has 0 aliphatic rings. The van der Waals surface area contributed by atoms with Crippen LogP contribution in [0.15, 0.2) is 36.4 Å². The lowest BCUT2D eigenvalue weighted by molar-refractivity contribution is -0.00000672. The normalized spacial score (nSPS) is 11.6. The van der Waals surface area contributed by atoms with Crippen molar-refractivity contribution in [2.24, 2.45) is 0 Å². The molecule has 0 aliphatic carbocycles. The van der Waals surface area contributed by atoms with Crippen molar-refractivity contribution < 1.29 is 27.0 Å². The minimum Gasteiger partial charge on any atom is -1.00 e. The Balaban J connectivity index is 0.00000338. The SMILES string of the molecule is CCC(CO)NCc1cc(Cl)c(OCc2ccc(C)cc2)c(OC)c1.[Cl-]. The Morgan fingerprint density at radius 3 is 2.42 bits per heavy atom. The quantitative estimate of drug-likeness (QED) is 0.663. The van der Waals surface area contributed by atoms with Gasteiger partial charge in [-0.05, 0) is 36.6 Å². The van der Waals surface area contributed by atoms with Crippen LogP contribution in [-0.2, 0) is 13.2 Å². The molecule has 0 saturated carbocycles. The Bertz CT molecular complexity index is 674. The molecule has 2 aromatic carbocycles. The molecule has 0 spiro atoms. The number of hydrogen-bond acceptors (Lipinski definition) is 4. The third-order valence-corrected chi connectivity index (χ3v) is 4.38. The smallest absolute Gasteiger partial charge is 0.180 e. The Labute approximate surface area is 166 Å². The lowest BCUT2D eigenvalue weighted by Gasteiger charge is -2.17. The van der Waals surface area contributed by atoms with Crippen LogP contribution in [0.5, 0.6) is 11.5 Å². The predicted molar refractivity (Wildman–Crippen MR) is 102 cm³/mol. The van der Waals surface area contributed by atoms with Crippen molar-refractivity contribution in [3.63, 3.8) is 0 Å². The summed E-state index contributed by atoms with van der Waals surface area (Å²) < 4.78 is 11.3. The zero-order valence-electron chi connectivity index (χ0n) is 15.4. The molecule has 1 atom stereocenters. The number of aliphatic hydroxyl groups is 1. The lowest BCUT2D eigenvalue weighted by Crippen LogP contribution is -3.00. The summed E-state index contributed by atoms with van der Waals surface area (Å²) in [5.74, 6) is 1.15. The molecule has 0 aliphatic heterocycles. The maximum absolute atomic E-state index is 9.27. The van der Waals surface area contributed by atoms with Crippen LogP contribution in [0, 0.1) is 6.92 Å². The molecule has 2 aromatic rings. The summed E-state index contributed by atoms with van der Waals surface area (Å²) in [6, 6.07) is 12.0. The molecule has 0 bridgehead atoms. The topological polar surface area (TPSA) is 50.7 Å². The fraction of sp³-hybridized carbons (Fsp3) is 0.400. The van der Waals surface area contributed by atoms with Gasteiger partial charge < -0.3 is 32.3 Å². The first-order valence-electron chi connectivity index (χ1n) is 8.46. The highest BCUT2D eigenvalue weighted by Gasteiger charge is 2.13. The van der Waals surface area contributed by atoms with Crippen LogP contribution in [0.3, 0.4) is 0 Å². The summed E-state index contributed by atoms with van der Waals surface area (Å²) in [5.41, 5.74) is 3.27. The molecule has 1 unspecified atom stereocenters. The van der Waals surface area contributed by atoms with E-state index >= 15 is 0 Å². The van der Waals surface area contributed by atoms with E-state index in [2.05, 4.69) is 24.4 Å². The number of hydrogen-bond donors (Lipinski definition) is 2. The van der Waals surface area contributed by atoms with Crippen LogP contribution in [-0.4, -0.2) is 24.9 Å². The first-order valence-corrected chi connectivity index (χ1v) is 8.84. The van der Waals surface area contributed by atoms with E-state index in [1.165, 1.54) is 5.56 Å². The van der Waals surface area contributed by atoms with Crippen LogP contribution < -0.4 is 27.2 Å². The molecule has 4 nitrogen and oxygen atoms in total. The molecule has 0 saturated heterocycles. The summed E-state index contributed by atoms with van der Waals surface area (Å²) >= 11 is 6.41. The van der Waals surface area contributed by atoms with Crippen molar-refractivity contribution in [1.82, 2.24) is 5.32 Å². The van der Waals surface area contributed by atoms with Gasteiger partial charge in [-0.15, -0.1) is 0 Å². The van der Waals surface area contributed by atoms with Crippen molar-refractivity contribution in [2.75, 3.05) is 13.7 Å². The number of halogens is 2. The minimum atomic E-state index is 0. The van der Waals surface area contributed by atoms with Gasteiger partial charge in [0.1, 0.15) is 6.61 Å². The van der Waals surface area contributed by atoms with E-state index in [1.807, 2.05) is 31.2 Å². The lowest BCUT2D eigenvalue weighted by atomic mass is 10.1. The zero-order chi connectivity index (χ0) is 18.2. The zero-order valence-corrected chi connectivity index (χ0v) is 16.9. The van der Waals surface area contributed by atoms with Gasteiger partial charge in [-0.25, -0.2) is 0 Å². The molecule has 0 aromatic heterocycles. The van der Waals surface area contributed by atoms with E-state index in [0.29, 0.717) is 29.7 Å². The van der Waals surface area contributed by atoms with Gasteiger partial charge in [-0.1, -0.05) is 48.4 Å². The number of benzene rings is 2. The van der Waals surface area contributed by atoms with Crippen molar-refractivity contribution in [3.8, 4) is 11.5 Å². The third kappa shape index (κ3) is 6.36. The van der Waals surface area contributed by atoms with E-state index in [1.54, 1.807) is 7.11 Å². The molecule has 0 heterocycles. The molecular weight excluding hydrogens is 373 g/mol. The Morgan fingerprint density at radius 1 is 1.15 bits per heavy atom. The van der Waals surface area contributed by atoms with E-state index < -0.39 is 0 Å². The van der Waals surface area contributed by atoms with E-state index in [9.17, 15) is 5.11 Å². The van der Waals surface area contributed by atoms with Crippen LogP contribution in [0.2, 0.25) is 5.02 Å². The number of methoxy groups -OCH3 is 1. The largest absolute Gasteiger partial charge is 1.00 e. The van der Waals surface area contributed by atoms with Gasteiger partial charge in [0.2, 0.25) is 0 Å². The summed E-state index contributed by atoms with van der Waals surface area (Å²) in [6.45, 7) is 5.23. The second-order valence-corrected chi connectivity index (χ2v) is 6.46. The Hall–Kier alpha value is -1.46. The first-order chi connectivity index (χ1) is 12.1. The Morgan fingerprint density at radius 2 is 1.85 bits per heavy atom. The maximum atomic E-state index is 9.27. The van der Waals surface area contributed by atoms with Gasteiger partial charge in [-0.3, -0.25) is 0 Å². The van der Waals surface area contributed by atoms with Crippen molar-refractivity contribution in [2.45, 2.75) is 39.5 Å². The predicted octanol–water partition coefficient (Wildman–Crippen LogP) is 1.10. The standard InChI is InChI=1S/C20H26ClNO3.ClH/c1-4-17(12-23)22-11-16-9-18(21)20(19(10-16)24-3)25-13-15-7-5-14(2)6-8-15;/h5-10,17,22-23H,4,11-13H2,1-3H3;1H/p-1. The summed E-state index contributed by atoms with van der Waals surface area (Å²) in [4.78, 5) is 0. The van der Waals surface area contributed by atoms with Crippen molar-refractivity contribution in [1.29, 1.82) is 0 Å². The number of nitrogens with one attached hydrogen (secondary N) is 1. The third-order valence-electron chi connectivity index (χ3n) is 4.10. The molecular formula is C20H26Cl2NO3-. The summed E-state index contributed by atoms with van der Waals surface area (Å²) in [6.07, 6.45) is 0.860. The number of aryl methyl sites for hydroxylation is 1. The number of ether oxygens (including phenoxy) is 2. The summed E-state index contributed by atoms with van der Waals surface area (Å²) in [5, 5.41) is 13.1. The van der Waals surface area contributed by atoms with Gasteiger partial charge in [0.05, 0.1) is 18.7 Å². The number of rotatable bonds is 9. The van der Waals surface area contributed by atoms with Crippen LogP contribution in [0.25, 0.3) is 0 Å². The van der Waals surface area contributed by atoms with Gasteiger partial charge in [0, 0.05) is 12.6 Å². The molecule has 0 radical (unpaired) electrons. The van der Waals surface area contributed by atoms with E-state index in [4.69, 9.17) is 21.1 Å². The monoisotopic (exact) mass is 398 g/mol. The van der Waals surface area contributed by atoms with Crippen LogP contribution in [0.4, 0.5) is 0 Å². The molecule has 0 fully saturated rings. The van der Waals surface area contributed by atoms with Gasteiger partial charge in [-0.2, -0.15) is 0 Å². The average Bonchev–Trinajstić information content (AvgIpc) is 2.62. The second-order valence-electron chi connectivity index (χ2n) is 6.05. The molecule has 144 valence electrons. The highest BCUT2D eigenvalue weighted by molar-refractivity contribution is 6.32. The molecule has 2 rings (SSSR count). The minimum absolute atomic E-state index is 0. The molecule has 0 amide bonds. The molecule has 2 N–H and O–H groups in total. The molecule has 6 heteroatoms. The maximum Gasteiger partial charge on any atom is 0.180 e. The first kappa shape index (κ1) is 22.6. The van der Waals surface area contributed by atoms with Crippen molar-refractivity contribution in [3.05, 3.63) is 58.1 Å². The van der Waals surface area contributed by atoms with Gasteiger partial charge >= 0.3 is 0 Å². The highest BCUT2D eigenvalue weighted by Crippen LogP contribution is 2.37. The van der Waals surface area contributed by atoms with Crippen LogP contribution in [0.1, 0.15) is 30.0 Å². The van der Waals surface area contributed by atoms with E-state index in [0.717, 1.165) is 17.5 Å². The van der Waals surface area contributed by atoms with Gasteiger partial charge in [0.25, 0.3) is 0 Å². The second kappa shape index (κ2) is 11.3. The van der Waals surface area contributed by atoms with Crippen molar-refractivity contribution >= 4 is 11.6 Å². The highest BCUT2D eigenvalue weighted by atomic mass is 35.5. The summed E-state index contributed by atoms with van der Waals surface area (Å²) in [7, 11) is 1.60. The molecule has 26 heavy (non-hydrogen) atoms. The number of aliphatic hydroxyl groups excluding tert-OH is 1. The van der Waals surface area contributed by atoms with Gasteiger partial charge in [0.15, 0.2) is 11.5 Å².